The second-order valence-electron chi connectivity index (χ2n) is 5.54. The second-order valence-corrected chi connectivity index (χ2v) is 5.54. The highest BCUT2D eigenvalue weighted by molar-refractivity contribution is 5.75. The molecular formula is C15H31N3O. The molecular weight excluding hydrogens is 238 g/mol. The summed E-state index contributed by atoms with van der Waals surface area (Å²) in [6.45, 7) is 10.6. The molecule has 0 radical (unpaired) electrons. The fourth-order valence-electron chi connectivity index (χ4n) is 2.69. The number of nitrogens with zero attached hydrogens (tertiary/aromatic N) is 1. The van der Waals surface area contributed by atoms with Crippen LogP contribution in [0.2, 0.25) is 0 Å². The Morgan fingerprint density at radius 1 is 1.37 bits per heavy atom. The van der Waals surface area contributed by atoms with Crippen molar-refractivity contribution in [3.63, 3.8) is 0 Å². The third kappa shape index (κ3) is 7.53. The molecule has 0 aromatic carbocycles. The van der Waals surface area contributed by atoms with Crippen LogP contribution in [0.5, 0.6) is 0 Å². The number of carbonyl (C=O) groups is 1. The molecule has 0 bridgehead atoms. The Morgan fingerprint density at radius 2 is 2.21 bits per heavy atom. The SMILES string of the molecule is CCCN(CC)CCNC(=O)CCC1CCCNC1. The molecule has 1 aliphatic heterocycles. The summed E-state index contributed by atoms with van der Waals surface area (Å²) in [6, 6.07) is 0. The highest BCUT2D eigenvalue weighted by atomic mass is 16.1. The van der Waals surface area contributed by atoms with E-state index in [4.69, 9.17) is 0 Å². The smallest absolute Gasteiger partial charge is 0.220 e. The lowest BCUT2D eigenvalue weighted by molar-refractivity contribution is -0.121. The maximum atomic E-state index is 11.8. The van der Waals surface area contributed by atoms with Crippen molar-refractivity contribution in [1.29, 1.82) is 0 Å². The van der Waals surface area contributed by atoms with Crippen LogP contribution < -0.4 is 10.6 Å². The maximum absolute atomic E-state index is 11.8. The molecule has 0 aromatic rings. The third-order valence-electron chi connectivity index (χ3n) is 3.92. The summed E-state index contributed by atoms with van der Waals surface area (Å²) in [7, 11) is 0. The summed E-state index contributed by atoms with van der Waals surface area (Å²) in [5.74, 6) is 0.921. The van der Waals surface area contributed by atoms with Crippen LogP contribution in [0.25, 0.3) is 0 Å². The quantitative estimate of drug-likeness (QED) is 0.668. The standard InChI is InChI=1S/C15H31N3O/c1-3-11-18(4-2)12-10-17-15(19)8-7-14-6-5-9-16-13-14/h14,16H,3-13H2,1-2H3,(H,17,19). The van der Waals surface area contributed by atoms with E-state index in [1.165, 1.54) is 19.3 Å². The first kappa shape index (κ1) is 16.4. The van der Waals surface area contributed by atoms with Gasteiger partial charge in [-0.3, -0.25) is 4.79 Å². The van der Waals surface area contributed by atoms with Crippen LogP contribution >= 0.6 is 0 Å². The Morgan fingerprint density at radius 3 is 2.84 bits per heavy atom. The van der Waals surface area contributed by atoms with Gasteiger partial charge in [-0.1, -0.05) is 13.8 Å². The van der Waals surface area contributed by atoms with Crippen molar-refractivity contribution >= 4 is 5.91 Å². The third-order valence-corrected chi connectivity index (χ3v) is 3.92. The predicted octanol–water partition coefficient (Wildman–Crippen LogP) is 1.61. The molecule has 1 atom stereocenters. The minimum atomic E-state index is 0.220. The summed E-state index contributed by atoms with van der Waals surface area (Å²) >= 11 is 0. The zero-order chi connectivity index (χ0) is 13.9. The lowest BCUT2D eigenvalue weighted by Gasteiger charge is -2.22. The van der Waals surface area contributed by atoms with E-state index in [0.717, 1.165) is 45.7 Å². The Labute approximate surface area is 118 Å². The average Bonchev–Trinajstić information content (AvgIpc) is 2.45. The van der Waals surface area contributed by atoms with Gasteiger partial charge < -0.3 is 15.5 Å². The first-order valence-electron chi connectivity index (χ1n) is 7.96. The first-order chi connectivity index (χ1) is 9.26. The molecule has 2 N–H and O–H groups in total. The van der Waals surface area contributed by atoms with Gasteiger partial charge in [-0.05, 0) is 57.8 Å². The van der Waals surface area contributed by atoms with Gasteiger partial charge in [0.05, 0.1) is 0 Å². The number of hydrogen-bond acceptors (Lipinski definition) is 3. The van der Waals surface area contributed by atoms with E-state index in [2.05, 4.69) is 29.4 Å². The molecule has 1 saturated heterocycles. The van der Waals surface area contributed by atoms with Gasteiger partial charge in [-0.15, -0.1) is 0 Å². The molecule has 0 aromatic heterocycles. The summed E-state index contributed by atoms with van der Waals surface area (Å²) in [4.78, 5) is 14.1. The molecule has 1 rings (SSSR count). The minimum absolute atomic E-state index is 0.220. The van der Waals surface area contributed by atoms with Gasteiger partial charge in [-0.25, -0.2) is 0 Å². The van der Waals surface area contributed by atoms with Gasteiger partial charge in [-0.2, -0.15) is 0 Å². The van der Waals surface area contributed by atoms with Crippen molar-refractivity contribution < 1.29 is 4.79 Å². The molecule has 1 heterocycles. The average molecular weight is 269 g/mol. The lowest BCUT2D eigenvalue weighted by atomic mass is 9.94. The number of piperidine rings is 1. The monoisotopic (exact) mass is 269 g/mol. The van der Waals surface area contributed by atoms with Gasteiger partial charge in [0, 0.05) is 19.5 Å². The normalized spacial score (nSPS) is 19.6. The van der Waals surface area contributed by atoms with Gasteiger partial charge in [0.15, 0.2) is 0 Å². The van der Waals surface area contributed by atoms with Crippen molar-refractivity contribution in [2.24, 2.45) is 5.92 Å². The van der Waals surface area contributed by atoms with Crippen molar-refractivity contribution in [3.05, 3.63) is 0 Å². The number of rotatable bonds is 9. The van der Waals surface area contributed by atoms with Crippen LogP contribution in [-0.4, -0.2) is 50.1 Å². The van der Waals surface area contributed by atoms with Gasteiger partial charge in [0.25, 0.3) is 0 Å². The molecule has 0 aliphatic carbocycles. The number of likely N-dealkylation sites (N-methyl/N-ethyl adjacent to an activating group) is 1. The number of amides is 1. The lowest BCUT2D eigenvalue weighted by Crippen LogP contribution is -2.36. The van der Waals surface area contributed by atoms with Crippen LogP contribution in [-0.2, 0) is 4.79 Å². The van der Waals surface area contributed by atoms with Crippen LogP contribution in [0, 0.1) is 5.92 Å². The highest BCUT2D eigenvalue weighted by Gasteiger charge is 2.14. The number of hydrogen-bond donors (Lipinski definition) is 2. The summed E-state index contributed by atoms with van der Waals surface area (Å²) in [5.41, 5.74) is 0. The van der Waals surface area contributed by atoms with E-state index >= 15 is 0 Å². The first-order valence-corrected chi connectivity index (χ1v) is 7.96. The largest absolute Gasteiger partial charge is 0.355 e. The zero-order valence-corrected chi connectivity index (χ0v) is 12.7. The minimum Gasteiger partial charge on any atom is -0.355 e. The Hall–Kier alpha value is -0.610. The molecule has 4 nitrogen and oxygen atoms in total. The van der Waals surface area contributed by atoms with Crippen molar-refractivity contribution in [2.75, 3.05) is 39.3 Å². The van der Waals surface area contributed by atoms with Crippen molar-refractivity contribution in [2.45, 2.75) is 46.0 Å². The van der Waals surface area contributed by atoms with Crippen LogP contribution in [0.4, 0.5) is 0 Å². The molecule has 0 saturated carbocycles. The molecule has 1 amide bonds. The van der Waals surface area contributed by atoms with Gasteiger partial charge in [0.2, 0.25) is 5.91 Å². The van der Waals surface area contributed by atoms with Crippen LogP contribution in [0.15, 0.2) is 0 Å². The molecule has 0 spiro atoms. The summed E-state index contributed by atoms with van der Waals surface area (Å²) < 4.78 is 0. The van der Waals surface area contributed by atoms with E-state index in [9.17, 15) is 4.79 Å². The second kappa shape index (κ2) is 10.2. The van der Waals surface area contributed by atoms with Crippen LogP contribution in [0.1, 0.15) is 46.0 Å². The number of carbonyl (C=O) groups excluding carboxylic acids is 1. The van der Waals surface area contributed by atoms with Gasteiger partial charge >= 0.3 is 0 Å². The zero-order valence-electron chi connectivity index (χ0n) is 12.7. The predicted molar refractivity (Wildman–Crippen MR) is 80.2 cm³/mol. The van der Waals surface area contributed by atoms with Crippen molar-refractivity contribution in [3.8, 4) is 0 Å². The molecule has 112 valence electrons. The summed E-state index contributed by atoms with van der Waals surface area (Å²) in [6.07, 6.45) is 5.43. The molecule has 19 heavy (non-hydrogen) atoms. The Bertz CT molecular complexity index is 240. The van der Waals surface area contributed by atoms with E-state index < -0.39 is 0 Å². The fourth-order valence-corrected chi connectivity index (χ4v) is 2.69. The Kier molecular flexibility index (Phi) is 8.84. The fraction of sp³-hybridized carbons (Fsp3) is 0.933. The van der Waals surface area contributed by atoms with E-state index in [0.29, 0.717) is 12.3 Å². The van der Waals surface area contributed by atoms with Gasteiger partial charge in [0.1, 0.15) is 0 Å². The topological polar surface area (TPSA) is 44.4 Å². The summed E-state index contributed by atoms with van der Waals surface area (Å²) in [5, 5.41) is 6.44. The molecule has 4 heteroatoms. The highest BCUT2D eigenvalue weighted by Crippen LogP contribution is 2.15. The maximum Gasteiger partial charge on any atom is 0.220 e. The van der Waals surface area contributed by atoms with Crippen molar-refractivity contribution in [1.82, 2.24) is 15.5 Å². The molecule has 1 aliphatic rings. The van der Waals surface area contributed by atoms with Crippen LogP contribution in [0.3, 0.4) is 0 Å². The molecule has 1 unspecified atom stereocenters. The van der Waals surface area contributed by atoms with E-state index in [-0.39, 0.29) is 5.91 Å². The van der Waals surface area contributed by atoms with E-state index in [1.807, 2.05) is 0 Å². The number of nitrogens with one attached hydrogen (secondary N) is 2. The molecule has 1 fully saturated rings. The Balaban J connectivity index is 2.03. The van der Waals surface area contributed by atoms with E-state index in [1.54, 1.807) is 0 Å².